The van der Waals surface area contributed by atoms with Gasteiger partial charge in [-0.15, -0.1) is 0 Å². The quantitative estimate of drug-likeness (QED) is 0.571. The summed E-state index contributed by atoms with van der Waals surface area (Å²) in [5.74, 6) is 1.30. The molecule has 2 aromatic carbocycles. The van der Waals surface area contributed by atoms with Crippen LogP contribution in [0.2, 0.25) is 0 Å². The number of amides is 1. The van der Waals surface area contributed by atoms with Crippen LogP contribution < -0.4 is 14.4 Å². The number of rotatable bonds is 6. The second-order valence-electron chi connectivity index (χ2n) is 7.17. The zero-order valence-corrected chi connectivity index (χ0v) is 17.5. The summed E-state index contributed by atoms with van der Waals surface area (Å²) in [6.07, 6.45) is 0.657. The van der Waals surface area contributed by atoms with Gasteiger partial charge in [0.05, 0.1) is 19.9 Å². The Morgan fingerprint density at radius 1 is 0.903 bits per heavy atom. The van der Waals surface area contributed by atoms with Crippen LogP contribution in [-0.4, -0.2) is 67.3 Å². The lowest BCUT2D eigenvalue weighted by molar-refractivity contribution is 0.0737. The van der Waals surface area contributed by atoms with Gasteiger partial charge in [0.25, 0.3) is 5.91 Å². The average Bonchev–Trinajstić information content (AvgIpc) is 3.28. The summed E-state index contributed by atoms with van der Waals surface area (Å²) < 4.78 is 12.3. The van der Waals surface area contributed by atoms with E-state index in [1.165, 1.54) is 4.68 Å². The molecule has 3 aromatic rings. The molecular formula is C23H24N4O4. The number of para-hydroxylation sites is 1. The summed E-state index contributed by atoms with van der Waals surface area (Å²) in [6, 6.07) is 16.6. The Morgan fingerprint density at radius 3 is 2.13 bits per heavy atom. The zero-order valence-electron chi connectivity index (χ0n) is 17.5. The second-order valence-corrected chi connectivity index (χ2v) is 7.17. The van der Waals surface area contributed by atoms with E-state index in [1.54, 1.807) is 25.2 Å². The number of carbonyl (C=O) groups excluding carboxylic acids is 2. The van der Waals surface area contributed by atoms with Crippen LogP contribution in [-0.2, 0) is 0 Å². The van der Waals surface area contributed by atoms with Crippen LogP contribution in [0, 0.1) is 0 Å². The van der Waals surface area contributed by atoms with E-state index in [1.807, 2.05) is 48.5 Å². The highest BCUT2D eigenvalue weighted by atomic mass is 16.5. The second kappa shape index (κ2) is 8.91. The van der Waals surface area contributed by atoms with E-state index in [-0.39, 0.29) is 11.6 Å². The first-order valence-corrected chi connectivity index (χ1v) is 10.0. The molecule has 0 radical (unpaired) electrons. The molecule has 160 valence electrons. The van der Waals surface area contributed by atoms with Crippen LogP contribution in [0.1, 0.15) is 21.0 Å². The minimum absolute atomic E-state index is 0.146. The van der Waals surface area contributed by atoms with Crippen molar-refractivity contribution >= 4 is 17.9 Å². The van der Waals surface area contributed by atoms with Crippen LogP contribution in [0.3, 0.4) is 0 Å². The molecule has 2 heterocycles. The lowest BCUT2D eigenvalue weighted by Gasteiger charge is -2.36. The number of methoxy groups -OCH3 is 2. The molecule has 31 heavy (non-hydrogen) atoms. The van der Waals surface area contributed by atoms with E-state index >= 15 is 0 Å². The van der Waals surface area contributed by atoms with E-state index in [0.29, 0.717) is 38.2 Å². The predicted molar refractivity (Wildman–Crippen MR) is 117 cm³/mol. The van der Waals surface area contributed by atoms with Crippen molar-refractivity contribution in [3.05, 3.63) is 66.0 Å². The first kappa shape index (κ1) is 20.5. The highest BCUT2D eigenvalue weighted by Gasteiger charge is 2.26. The van der Waals surface area contributed by atoms with Crippen molar-refractivity contribution in [1.82, 2.24) is 14.7 Å². The third-order valence-electron chi connectivity index (χ3n) is 5.34. The number of ether oxygens (including phenoxy) is 2. The fraction of sp³-hybridized carbons (Fsp3) is 0.261. The molecular weight excluding hydrogens is 396 g/mol. The van der Waals surface area contributed by atoms with Crippen LogP contribution in [0.4, 0.5) is 5.69 Å². The summed E-state index contributed by atoms with van der Waals surface area (Å²) in [5, 5.41) is 4.28. The lowest BCUT2D eigenvalue weighted by atomic mass is 10.2. The highest BCUT2D eigenvalue weighted by Crippen LogP contribution is 2.29. The topological polar surface area (TPSA) is 76.9 Å². The van der Waals surface area contributed by atoms with Gasteiger partial charge in [0, 0.05) is 56.1 Å². The summed E-state index contributed by atoms with van der Waals surface area (Å²) in [6.45, 7) is 2.44. The molecule has 4 rings (SSSR count). The molecule has 1 aromatic heterocycles. The van der Waals surface area contributed by atoms with Gasteiger partial charge in [-0.05, 0) is 12.1 Å². The molecule has 0 atom stereocenters. The van der Waals surface area contributed by atoms with Crippen molar-refractivity contribution in [1.29, 1.82) is 0 Å². The Bertz CT molecular complexity index is 1050. The summed E-state index contributed by atoms with van der Waals surface area (Å²) in [7, 11) is 3.25. The number of aldehydes is 1. The van der Waals surface area contributed by atoms with E-state index in [9.17, 15) is 9.59 Å². The van der Waals surface area contributed by atoms with Crippen molar-refractivity contribution in [2.24, 2.45) is 0 Å². The molecule has 1 fully saturated rings. The molecule has 8 heteroatoms. The minimum Gasteiger partial charge on any atom is -0.497 e. The van der Waals surface area contributed by atoms with Gasteiger partial charge in [-0.1, -0.05) is 18.2 Å². The number of hydrogen-bond acceptors (Lipinski definition) is 6. The average molecular weight is 420 g/mol. The number of benzene rings is 2. The van der Waals surface area contributed by atoms with Crippen molar-refractivity contribution in [3.8, 4) is 17.2 Å². The molecule has 1 saturated heterocycles. The van der Waals surface area contributed by atoms with Crippen LogP contribution in [0.5, 0.6) is 11.5 Å². The van der Waals surface area contributed by atoms with E-state index in [2.05, 4.69) is 10.00 Å². The first-order chi connectivity index (χ1) is 15.1. The molecule has 0 aliphatic carbocycles. The third-order valence-corrected chi connectivity index (χ3v) is 5.34. The van der Waals surface area contributed by atoms with Gasteiger partial charge in [-0.3, -0.25) is 9.59 Å². The standard InChI is InChI=1S/C23H24N4O4/c1-30-20-13-19(14-21(15-20)31-2)25-8-10-26(11-9-25)23(29)22-12-17(16-28)24-27(22)18-6-4-3-5-7-18/h3-7,12-16H,8-11H2,1-2H3. The molecule has 8 nitrogen and oxygen atoms in total. The van der Waals surface area contributed by atoms with Gasteiger partial charge in [0.2, 0.25) is 0 Å². The molecule has 1 aliphatic heterocycles. The SMILES string of the molecule is COc1cc(OC)cc(N2CCN(C(=O)c3cc(C=O)nn3-c3ccccc3)CC2)c1. The van der Waals surface area contributed by atoms with Crippen molar-refractivity contribution in [2.45, 2.75) is 0 Å². The Hall–Kier alpha value is -3.81. The normalized spacial score (nSPS) is 13.7. The maximum absolute atomic E-state index is 13.3. The number of piperazine rings is 1. The van der Waals surface area contributed by atoms with E-state index in [0.717, 1.165) is 22.9 Å². The fourth-order valence-corrected chi connectivity index (χ4v) is 3.68. The Kier molecular flexibility index (Phi) is 5.88. The maximum Gasteiger partial charge on any atom is 0.272 e. The largest absolute Gasteiger partial charge is 0.497 e. The minimum atomic E-state index is -0.146. The van der Waals surface area contributed by atoms with Crippen molar-refractivity contribution in [2.75, 3.05) is 45.3 Å². The Labute approximate surface area is 180 Å². The van der Waals surface area contributed by atoms with E-state index < -0.39 is 0 Å². The highest BCUT2D eigenvalue weighted by molar-refractivity contribution is 5.95. The summed E-state index contributed by atoms with van der Waals surface area (Å²) in [4.78, 5) is 28.5. The molecule has 1 amide bonds. The zero-order chi connectivity index (χ0) is 21.8. The molecule has 1 aliphatic rings. The number of anilines is 1. The van der Waals surface area contributed by atoms with E-state index in [4.69, 9.17) is 9.47 Å². The van der Waals surface area contributed by atoms with Crippen LogP contribution in [0.25, 0.3) is 5.69 Å². The van der Waals surface area contributed by atoms with Gasteiger partial charge in [0.15, 0.2) is 6.29 Å². The monoisotopic (exact) mass is 420 g/mol. The molecule has 0 spiro atoms. The number of aromatic nitrogens is 2. The third kappa shape index (κ3) is 4.23. The van der Waals surface area contributed by atoms with Gasteiger partial charge >= 0.3 is 0 Å². The van der Waals surface area contributed by atoms with Crippen molar-refractivity contribution < 1.29 is 19.1 Å². The number of hydrogen-bond donors (Lipinski definition) is 0. The smallest absolute Gasteiger partial charge is 0.272 e. The van der Waals surface area contributed by atoms with Crippen LogP contribution in [0.15, 0.2) is 54.6 Å². The first-order valence-electron chi connectivity index (χ1n) is 10.0. The maximum atomic E-state index is 13.3. The fourth-order valence-electron chi connectivity index (χ4n) is 3.68. The molecule has 0 unspecified atom stereocenters. The lowest BCUT2D eigenvalue weighted by Crippen LogP contribution is -2.49. The molecule has 0 bridgehead atoms. The predicted octanol–water partition coefficient (Wildman–Crippen LogP) is 2.66. The van der Waals surface area contributed by atoms with Crippen LogP contribution >= 0.6 is 0 Å². The summed E-state index contributed by atoms with van der Waals surface area (Å²) >= 11 is 0. The molecule has 0 N–H and O–H groups in total. The van der Waals surface area contributed by atoms with Gasteiger partial charge < -0.3 is 19.3 Å². The van der Waals surface area contributed by atoms with Gasteiger partial charge in [-0.25, -0.2) is 4.68 Å². The Morgan fingerprint density at radius 2 is 1.55 bits per heavy atom. The molecule has 0 saturated carbocycles. The number of nitrogens with zero attached hydrogens (tertiary/aromatic N) is 4. The number of carbonyl (C=O) groups is 2. The Balaban J connectivity index is 1.52. The summed E-state index contributed by atoms with van der Waals surface area (Å²) in [5.41, 5.74) is 2.33. The van der Waals surface area contributed by atoms with Gasteiger partial charge in [-0.2, -0.15) is 5.10 Å². The van der Waals surface area contributed by atoms with Gasteiger partial charge in [0.1, 0.15) is 22.9 Å². The van der Waals surface area contributed by atoms with Crippen molar-refractivity contribution in [3.63, 3.8) is 0 Å².